The predicted molar refractivity (Wildman–Crippen MR) is 109 cm³/mol. The molecule has 0 amide bonds. The zero-order valence-electron chi connectivity index (χ0n) is 15.5. The van der Waals surface area contributed by atoms with Gasteiger partial charge in [0.15, 0.2) is 3.79 Å². The van der Waals surface area contributed by atoms with Gasteiger partial charge in [-0.3, -0.25) is 0 Å². The average molecular weight is 386 g/mol. The van der Waals surface area contributed by atoms with E-state index in [-0.39, 0.29) is 5.92 Å². The summed E-state index contributed by atoms with van der Waals surface area (Å²) in [6.45, 7) is 4.52. The Balaban J connectivity index is 3.69. The summed E-state index contributed by atoms with van der Waals surface area (Å²) in [5, 5.41) is 0. The van der Waals surface area contributed by atoms with Crippen LogP contribution in [-0.4, -0.2) is 3.79 Å². The molecule has 0 nitrogen and oxygen atoms in total. The third kappa shape index (κ3) is 16.1. The summed E-state index contributed by atoms with van der Waals surface area (Å²) in [6, 6.07) is 0. The van der Waals surface area contributed by atoms with Crippen molar-refractivity contribution in [3.63, 3.8) is 0 Å². The Morgan fingerprint density at radius 2 is 0.826 bits per heavy atom. The van der Waals surface area contributed by atoms with Crippen LogP contribution in [0.4, 0.5) is 0 Å². The summed E-state index contributed by atoms with van der Waals surface area (Å²) < 4.78 is -1.08. The van der Waals surface area contributed by atoms with Gasteiger partial charge >= 0.3 is 0 Å². The molecule has 140 valence electrons. The largest absolute Gasteiger partial charge is 0.193 e. The predicted octanol–water partition coefficient (Wildman–Crippen LogP) is 9.25. The summed E-state index contributed by atoms with van der Waals surface area (Å²) in [5.74, 6) is 0.235. The van der Waals surface area contributed by atoms with Crippen LogP contribution in [0.2, 0.25) is 0 Å². The van der Waals surface area contributed by atoms with Crippen molar-refractivity contribution in [2.24, 2.45) is 5.92 Å². The molecule has 0 saturated heterocycles. The highest BCUT2D eigenvalue weighted by molar-refractivity contribution is 6.67. The number of unbranched alkanes of at least 4 members (excludes halogenated alkanes) is 12. The molecule has 0 aromatic rings. The van der Waals surface area contributed by atoms with Crippen LogP contribution in [0, 0.1) is 5.92 Å². The second kappa shape index (κ2) is 16.3. The second-order valence-corrected chi connectivity index (χ2v) is 9.43. The fourth-order valence-corrected chi connectivity index (χ4v) is 3.82. The Kier molecular flexibility index (Phi) is 17.0. The minimum atomic E-state index is -1.08. The number of alkyl halides is 3. The molecule has 3 heteroatoms. The molecule has 0 aliphatic heterocycles. The van der Waals surface area contributed by atoms with Crippen molar-refractivity contribution >= 4 is 34.8 Å². The lowest BCUT2D eigenvalue weighted by molar-refractivity contribution is 0.407. The molecule has 1 unspecified atom stereocenters. The van der Waals surface area contributed by atoms with Crippen molar-refractivity contribution in [1.82, 2.24) is 0 Å². The van der Waals surface area contributed by atoms with Gasteiger partial charge in [0.05, 0.1) is 0 Å². The minimum Gasteiger partial charge on any atom is -0.0834 e. The van der Waals surface area contributed by atoms with E-state index in [1.54, 1.807) is 0 Å². The maximum absolute atomic E-state index is 6.19. The van der Waals surface area contributed by atoms with Crippen LogP contribution in [0.15, 0.2) is 0 Å². The molecular formula is C20H39Cl3. The third-order valence-electron chi connectivity index (χ3n) is 4.78. The first-order valence-electron chi connectivity index (χ1n) is 10.1. The maximum atomic E-state index is 6.19. The number of rotatable bonds is 16. The van der Waals surface area contributed by atoms with Gasteiger partial charge in [-0.2, -0.15) is 0 Å². The highest BCUT2D eigenvalue weighted by Crippen LogP contribution is 2.41. The van der Waals surface area contributed by atoms with Gasteiger partial charge in [-0.25, -0.2) is 0 Å². The first-order valence-corrected chi connectivity index (χ1v) is 11.2. The quantitative estimate of drug-likeness (QED) is 0.183. The monoisotopic (exact) mass is 384 g/mol. The number of halogens is 3. The molecule has 0 heterocycles. The minimum absolute atomic E-state index is 0.235. The van der Waals surface area contributed by atoms with Crippen LogP contribution in [0.1, 0.15) is 117 Å². The standard InChI is InChI=1S/C20H39Cl3/c1-3-5-7-9-11-12-14-16-18-19(20(21,22)23)17-15-13-10-8-6-4-2/h19H,3-18H2,1-2H3. The summed E-state index contributed by atoms with van der Waals surface area (Å²) in [6.07, 6.45) is 20.7. The van der Waals surface area contributed by atoms with Crippen LogP contribution in [0.3, 0.4) is 0 Å². The topological polar surface area (TPSA) is 0 Å². The molecule has 0 spiro atoms. The Bertz CT molecular complexity index is 236. The van der Waals surface area contributed by atoms with E-state index in [2.05, 4.69) is 13.8 Å². The Labute approximate surface area is 161 Å². The van der Waals surface area contributed by atoms with Crippen LogP contribution in [-0.2, 0) is 0 Å². The van der Waals surface area contributed by atoms with Crippen molar-refractivity contribution in [3.8, 4) is 0 Å². The van der Waals surface area contributed by atoms with Gasteiger partial charge in [0.1, 0.15) is 0 Å². The molecule has 23 heavy (non-hydrogen) atoms. The van der Waals surface area contributed by atoms with Gasteiger partial charge in [-0.15, -0.1) is 0 Å². The lowest BCUT2D eigenvalue weighted by Gasteiger charge is -2.24. The van der Waals surface area contributed by atoms with Crippen LogP contribution in [0.25, 0.3) is 0 Å². The van der Waals surface area contributed by atoms with Crippen molar-refractivity contribution in [1.29, 1.82) is 0 Å². The highest BCUT2D eigenvalue weighted by Gasteiger charge is 2.31. The molecule has 1 atom stereocenters. The van der Waals surface area contributed by atoms with E-state index in [1.807, 2.05) is 0 Å². The van der Waals surface area contributed by atoms with E-state index in [1.165, 1.54) is 89.9 Å². The molecule has 0 saturated carbocycles. The second-order valence-electron chi connectivity index (χ2n) is 7.06. The van der Waals surface area contributed by atoms with Crippen LogP contribution in [0.5, 0.6) is 0 Å². The summed E-state index contributed by atoms with van der Waals surface area (Å²) >= 11 is 18.6. The first-order chi connectivity index (χ1) is 11.0. The molecule has 0 aliphatic rings. The summed E-state index contributed by atoms with van der Waals surface area (Å²) in [5.41, 5.74) is 0. The molecule has 0 N–H and O–H groups in total. The fraction of sp³-hybridized carbons (Fsp3) is 1.00. The van der Waals surface area contributed by atoms with Crippen molar-refractivity contribution in [2.45, 2.75) is 120 Å². The fourth-order valence-electron chi connectivity index (χ4n) is 3.17. The Hall–Kier alpha value is 0.870. The maximum Gasteiger partial charge on any atom is 0.193 e. The van der Waals surface area contributed by atoms with E-state index in [4.69, 9.17) is 34.8 Å². The van der Waals surface area contributed by atoms with Gasteiger partial charge in [-0.1, -0.05) is 139 Å². The van der Waals surface area contributed by atoms with Crippen molar-refractivity contribution in [2.75, 3.05) is 0 Å². The van der Waals surface area contributed by atoms with E-state index in [0.717, 1.165) is 12.8 Å². The first kappa shape index (κ1) is 23.9. The summed E-state index contributed by atoms with van der Waals surface area (Å²) in [4.78, 5) is 0. The van der Waals surface area contributed by atoms with Gasteiger partial charge in [0, 0.05) is 5.92 Å². The zero-order valence-corrected chi connectivity index (χ0v) is 17.8. The molecule has 0 radical (unpaired) electrons. The molecular weight excluding hydrogens is 347 g/mol. The summed E-state index contributed by atoms with van der Waals surface area (Å²) in [7, 11) is 0. The lowest BCUT2D eigenvalue weighted by Crippen LogP contribution is -2.19. The lowest BCUT2D eigenvalue weighted by atomic mass is 9.95. The van der Waals surface area contributed by atoms with E-state index < -0.39 is 3.79 Å². The molecule has 0 bridgehead atoms. The number of hydrogen-bond donors (Lipinski definition) is 0. The molecule has 0 aromatic heterocycles. The molecule has 0 aliphatic carbocycles. The number of hydrogen-bond acceptors (Lipinski definition) is 0. The van der Waals surface area contributed by atoms with Gasteiger partial charge in [0.2, 0.25) is 0 Å². The van der Waals surface area contributed by atoms with Gasteiger partial charge in [0.25, 0.3) is 0 Å². The Morgan fingerprint density at radius 1 is 0.522 bits per heavy atom. The normalized spacial score (nSPS) is 13.4. The Morgan fingerprint density at radius 3 is 1.13 bits per heavy atom. The van der Waals surface area contributed by atoms with E-state index >= 15 is 0 Å². The third-order valence-corrected chi connectivity index (χ3v) is 5.70. The van der Waals surface area contributed by atoms with E-state index in [0.29, 0.717) is 0 Å². The van der Waals surface area contributed by atoms with Gasteiger partial charge in [-0.05, 0) is 12.8 Å². The van der Waals surface area contributed by atoms with Crippen LogP contribution < -0.4 is 0 Å². The smallest absolute Gasteiger partial charge is 0.0834 e. The van der Waals surface area contributed by atoms with Crippen molar-refractivity contribution < 1.29 is 0 Å². The molecule has 0 aromatic carbocycles. The molecule has 0 rings (SSSR count). The van der Waals surface area contributed by atoms with Crippen molar-refractivity contribution in [3.05, 3.63) is 0 Å². The highest BCUT2D eigenvalue weighted by atomic mass is 35.6. The van der Waals surface area contributed by atoms with Crippen LogP contribution >= 0.6 is 34.8 Å². The van der Waals surface area contributed by atoms with Gasteiger partial charge < -0.3 is 0 Å². The molecule has 0 fully saturated rings. The van der Waals surface area contributed by atoms with E-state index in [9.17, 15) is 0 Å². The average Bonchev–Trinajstić information content (AvgIpc) is 2.50. The zero-order chi connectivity index (χ0) is 17.4. The SMILES string of the molecule is CCCCCCCCCCC(CCCCCCCC)C(Cl)(Cl)Cl.